The summed E-state index contributed by atoms with van der Waals surface area (Å²) in [6.07, 6.45) is 3.24. The molecule has 8 heteroatoms. The highest BCUT2D eigenvalue weighted by Crippen LogP contribution is 2.24. The minimum atomic E-state index is -0.661. The molecule has 0 radical (unpaired) electrons. The third kappa shape index (κ3) is 2.44. The van der Waals surface area contributed by atoms with Gasteiger partial charge in [0.1, 0.15) is 17.3 Å². The van der Waals surface area contributed by atoms with Crippen LogP contribution < -0.4 is 5.32 Å². The van der Waals surface area contributed by atoms with Gasteiger partial charge in [0.05, 0.1) is 0 Å². The van der Waals surface area contributed by atoms with Gasteiger partial charge in [-0.25, -0.2) is 0 Å². The topological polar surface area (TPSA) is 72.2 Å². The van der Waals surface area contributed by atoms with E-state index in [1.165, 1.54) is 6.33 Å². The molecule has 0 atom stereocenters. The van der Waals surface area contributed by atoms with Gasteiger partial charge in [0, 0.05) is 33.9 Å². The number of hydrogen-bond acceptors (Lipinski definition) is 5. The van der Waals surface area contributed by atoms with Crippen LogP contribution in [0.25, 0.3) is 5.78 Å². The number of nitrogens with zero attached hydrogens (tertiary/aromatic N) is 4. The van der Waals surface area contributed by atoms with Gasteiger partial charge in [-0.3, -0.25) is 4.21 Å². The normalized spacial score (nSPS) is 23.7. The number of hydrogen-bond donors (Lipinski definition) is 1. The van der Waals surface area contributed by atoms with Gasteiger partial charge in [-0.15, -0.1) is 0 Å². The molecule has 1 aliphatic rings. The van der Waals surface area contributed by atoms with Crippen molar-refractivity contribution in [1.82, 2.24) is 19.6 Å². The van der Waals surface area contributed by atoms with E-state index in [9.17, 15) is 4.21 Å². The predicted molar refractivity (Wildman–Crippen MR) is 75.1 cm³/mol. The zero-order valence-corrected chi connectivity index (χ0v) is 12.0. The van der Waals surface area contributed by atoms with Crippen molar-refractivity contribution in [2.75, 3.05) is 16.8 Å². The molecule has 2 aromatic rings. The summed E-state index contributed by atoms with van der Waals surface area (Å²) >= 11 is 6.11. The van der Waals surface area contributed by atoms with Crippen molar-refractivity contribution in [3.05, 3.63) is 17.0 Å². The van der Waals surface area contributed by atoms with E-state index in [1.54, 1.807) is 4.52 Å². The van der Waals surface area contributed by atoms with Crippen LogP contribution in [0.5, 0.6) is 0 Å². The first-order chi connectivity index (χ1) is 9.15. The Kier molecular flexibility index (Phi) is 3.40. The Morgan fingerprint density at radius 1 is 1.47 bits per heavy atom. The van der Waals surface area contributed by atoms with Gasteiger partial charge in [-0.1, -0.05) is 11.6 Å². The van der Waals surface area contributed by atoms with Crippen LogP contribution in [0.15, 0.2) is 6.33 Å². The first-order valence-electron chi connectivity index (χ1n) is 6.12. The SMILES string of the molecule is Cc1c(Cl)nc2ncnn2c1NC1CCS(=O)CC1. The quantitative estimate of drug-likeness (QED) is 0.849. The molecule has 1 N–H and O–H groups in total. The Balaban J connectivity index is 1.93. The summed E-state index contributed by atoms with van der Waals surface area (Å²) in [5, 5.41) is 8.04. The highest BCUT2D eigenvalue weighted by molar-refractivity contribution is 7.85. The fourth-order valence-electron chi connectivity index (χ4n) is 2.20. The molecular weight excluding hydrogens is 286 g/mol. The lowest BCUT2D eigenvalue weighted by atomic mass is 10.1. The summed E-state index contributed by atoms with van der Waals surface area (Å²) in [5.41, 5.74) is 0.853. The van der Waals surface area contributed by atoms with Crippen LogP contribution in [0, 0.1) is 6.92 Å². The number of rotatable bonds is 2. The average molecular weight is 300 g/mol. The third-order valence-electron chi connectivity index (χ3n) is 3.33. The zero-order chi connectivity index (χ0) is 13.4. The Morgan fingerprint density at radius 2 is 2.21 bits per heavy atom. The molecule has 102 valence electrons. The second kappa shape index (κ2) is 5.05. The maximum absolute atomic E-state index is 11.4. The van der Waals surface area contributed by atoms with Crippen molar-refractivity contribution in [1.29, 1.82) is 0 Å². The molecule has 1 aliphatic heterocycles. The van der Waals surface area contributed by atoms with Crippen molar-refractivity contribution >= 4 is 34.0 Å². The fourth-order valence-corrected chi connectivity index (χ4v) is 3.66. The molecule has 2 aromatic heterocycles. The maximum atomic E-state index is 11.4. The molecule has 3 heterocycles. The molecule has 0 saturated carbocycles. The molecule has 19 heavy (non-hydrogen) atoms. The molecular formula is C11H14ClN5OS. The summed E-state index contributed by atoms with van der Waals surface area (Å²) in [6, 6.07) is 0.294. The van der Waals surface area contributed by atoms with Crippen LogP contribution >= 0.6 is 11.6 Å². The molecule has 0 bridgehead atoms. The van der Waals surface area contributed by atoms with E-state index < -0.39 is 10.8 Å². The smallest absolute Gasteiger partial charge is 0.255 e. The molecule has 1 saturated heterocycles. The van der Waals surface area contributed by atoms with E-state index >= 15 is 0 Å². The van der Waals surface area contributed by atoms with Crippen molar-refractivity contribution in [3.63, 3.8) is 0 Å². The Morgan fingerprint density at radius 3 is 2.95 bits per heavy atom. The Hall–Kier alpha value is -1.21. The van der Waals surface area contributed by atoms with Gasteiger partial charge in [0.15, 0.2) is 0 Å². The molecule has 0 aromatic carbocycles. The zero-order valence-electron chi connectivity index (χ0n) is 10.5. The van der Waals surface area contributed by atoms with Crippen molar-refractivity contribution in [2.45, 2.75) is 25.8 Å². The minimum absolute atomic E-state index is 0.294. The first-order valence-corrected chi connectivity index (χ1v) is 7.99. The summed E-state index contributed by atoms with van der Waals surface area (Å²) in [4.78, 5) is 8.22. The predicted octanol–water partition coefficient (Wildman–Crippen LogP) is 1.41. The van der Waals surface area contributed by atoms with E-state index in [1.807, 2.05) is 6.92 Å². The summed E-state index contributed by atoms with van der Waals surface area (Å²) in [6.45, 7) is 1.90. The number of fused-ring (bicyclic) bond motifs is 1. The molecule has 6 nitrogen and oxygen atoms in total. The van der Waals surface area contributed by atoms with E-state index in [0.717, 1.165) is 35.7 Å². The van der Waals surface area contributed by atoms with Gasteiger partial charge >= 0.3 is 0 Å². The maximum Gasteiger partial charge on any atom is 0.255 e. The molecule has 0 amide bonds. The van der Waals surface area contributed by atoms with Crippen LogP contribution in [0.4, 0.5) is 5.82 Å². The van der Waals surface area contributed by atoms with Crippen LogP contribution in [0.1, 0.15) is 18.4 Å². The third-order valence-corrected chi connectivity index (χ3v) is 5.08. The lowest BCUT2D eigenvalue weighted by Crippen LogP contribution is -2.30. The molecule has 3 rings (SSSR count). The molecule has 0 spiro atoms. The number of halogens is 1. The van der Waals surface area contributed by atoms with Gasteiger partial charge in [0.25, 0.3) is 5.78 Å². The molecule has 1 fully saturated rings. The lowest BCUT2D eigenvalue weighted by Gasteiger charge is -2.24. The van der Waals surface area contributed by atoms with Gasteiger partial charge in [0.2, 0.25) is 0 Å². The number of nitrogens with one attached hydrogen (secondary N) is 1. The standard InChI is InChI=1S/C11H14ClN5OS/c1-7-9(12)16-11-13-6-14-17(11)10(7)15-8-2-4-19(18)5-3-8/h6,8,15H,2-5H2,1H3. The minimum Gasteiger partial charge on any atom is -0.367 e. The highest BCUT2D eigenvalue weighted by Gasteiger charge is 2.20. The highest BCUT2D eigenvalue weighted by atomic mass is 35.5. The first kappa shape index (κ1) is 12.8. The largest absolute Gasteiger partial charge is 0.367 e. The second-order valence-corrected chi connectivity index (χ2v) is 6.67. The summed E-state index contributed by atoms with van der Waals surface area (Å²) in [7, 11) is -0.661. The number of anilines is 1. The fraction of sp³-hybridized carbons (Fsp3) is 0.545. The average Bonchev–Trinajstić information content (AvgIpc) is 2.85. The van der Waals surface area contributed by atoms with E-state index in [-0.39, 0.29) is 0 Å². The van der Waals surface area contributed by atoms with Crippen molar-refractivity contribution in [2.24, 2.45) is 0 Å². The Bertz CT molecular complexity index is 633. The van der Waals surface area contributed by atoms with Crippen LogP contribution in [0.3, 0.4) is 0 Å². The van der Waals surface area contributed by atoms with E-state index in [2.05, 4.69) is 20.4 Å². The lowest BCUT2D eigenvalue weighted by molar-refractivity contribution is 0.620. The van der Waals surface area contributed by atoms with Crippen LogP contribution in [-0.4, -0.2) is 41.3 Å². The summed E-state index contributed by atoms with van der Waals surface area (Å²) in [5.74, 6) is 2.80. The van der Waals surface area contributed by atoms with Gasteiger partial charge in [-0.2, -0.15) is 19.6 Å². The molecule has 0 unspecified atom stereocenters. The Labute approximate surface area is 118 Å². The summed E-state index contributed by atoms with van der Waals surface area (Å²) < 4.78 is 13.0. The second-order valence-electron chi connectivity index (χ2n) is 4.61. The van der Waals surface area contributed by atoms with Crippen molar-refractivity contribution in [3.8, 4) is 0 Å². The van der Waals surface area contributed by atoms with Gasteiger partial charge in [-0.05, 0) is 19.8 Å². The monoisotopic (exact) mass is 299 g/mol. The number of aromatic nitrogens is 4. The van der Waals surface area contributed by atoms with E-state index in [4.69, 9.17) is 11.6 Å². The van der Waals surface area contributed by atoms with Crippen LogP contribution in [0.2, 0.25) is 5.15 Å². The molecule has 0 aliphatic carbocycles. The van der Waals surface area contributed by atoms with Crippen molar-refractivity contribution < 1.29 is 4.21 Å². The van der Waals surface area contributed by atoms with Gasteiger partial charge < -0.3 is 5.32 Å². The van der Waals surface area contributed by atoms with Crippen LogP contribution in [-0.2, 0) is 10.8 Å². The van der Waals surface area contributed by atoms with E-state index in [0.29, 0.717) is 17.0 Å².